The highest BCUT2D eigenvalue weighted by molar-refractivity contribution is 8.00. The van der Waals surface area contributed by atoms with Gasteiger partial charge in [-0.2, -0.15) is 0 Å². The van der Waals surface area contributed by atoms with Crippen LogP contribution in [0.3, 0.4) is 0 Å². The third-order valence-electron chi connectivity index (χ3n) is 4.64. The largest absolute Gasteiger partial charge is 0.573 e. The van der Waals surface area contributed by atoms with E-state index in [9.17, 15) is 33.6 Å². The van der Waals surface area contributed by atoms with E-state index >= 15 is 0 Å². The van der Waals surface area contributed by atoms with Gasteiger partial charge < -0.3 is 29.9 Å². The number of ether oxygens (including phenoxy) is 2. The van der Waals surface area contributed by atoms with Crippen LogP contribution in [-0.4, -0.2) is 62.4 Å². The molecule has 1 aliphatic rings. The summed E-state index contributed by atoms with van der Waals surface area (Å²) in [5.41, 5.74) is 0.00963. The summed E-state index contributed by atoms with van der Waals surface area (Å²) in [4.78, 5) is 0. The molecule has 4 N–H and O–H groups in total. The van der Waals surface area contributed by atoms with Crippen LogP contribution in [0.4, 0.5) is 13.2 Å². The van der Waals surface area contributed by atoms with Crippen molar-refractivity contribution in [3.05, 3.63) is 58.6 Å². The van der Waals surface area contributed by atoms with Crippen molar-refractivity contribution >= 4 is 23.4 Å². The first-order chi connectivity index (χ1) is 14.6. The first-order valence-corrected chi connectivity index (χ1v) is 10.5. The molecule has 0 aliphatic carbocycles. The Hall–Kier alpha value is -1.69. The van der Waals surface area contributed by atoms with Gasteiger partial charge in [-0.15, -0.1) is 24.9 Å². The van der Waals surface area contributed by atoms with Gasteiger partial charge >= 0.3 is 6.36 Å². The Kier molecular flexibility index (Phi) is 7.61. The monoisotopic (exact) mass is 480 g/mol. The van der Waals surface area contributed by atoms with E-state index in [1.54, 1.807) is 12.1 Å². The molecule has 0 radical (unpaired) electrons. The van der Waals surface area contributed by atoms with E-state index < -0.39 is 42.0 Å². The molecule has 0 amide bonds. The number of hydrogen-bond acceptors (Lipinski definition) is 7. The molecule has 2 aromatic rings. The molecule has 3 rings (SSSR count). The Morgan fingerprint density at radius 3 is 2.42 bits per heavy atom. The summed E-state index contributed by atoms with van der Waals surface area (Å²) >= 11 is 7.04. The molecule has 0 saturated carbocycles. The van der Waals surface area contributed by atoms with Crippen molar-refractivity contribution in [2.45, 2.75) is 41.8 Å². The number of halogens is 4. The number of benzene rings is 2. The molecule has 0 bridgehead atoms. The quantitative estimate of drug-likeness (QED) is 0.504. The highest BCUT2D eigenvalue weighted by Crippen LogP contribution is 2.36. The highest BCUT2D eigenvalue weighted by atomic mass is 35.5. The topological polar surface area (TPSA) is 99.4 Å². The van der Waals surface area contributed by atoms with Crippen LogP contribution in [-0.2, 0) is 6.42 Å². The van der Waals surface area contributed by atoms with E-state index in [2.05, 4.69) is 4.74 Å². The van der Waals surface area contributed by atoms with Crippen LogP contribution in [0.5, 0.6) is 11.5 Å². The molecule has 1 fully saturated rings. The van der Waals surface area contributed by atoms with Gasteiger partial charge in [0, 0.05) is 17.0 Å². The Morgan fingerprint density at radius 2 is 1.74 bits per heavy atom. The van der Waals surface area contributed by atoms with Gasteiger partial charge in [0.2, 0.25) is 0 Å². The minimum atomic E-state index is -4.81. The van der Waals surface area contributed by atoms with Gasteiger partial charge in [0.25, 0.3) is 0 Å². The smallest absolute Gasteiger partial charge is 0.477 e. The second-order valence-electron chi connectivity index (χ2n) is 6.94. The maximum atomic E-state index is 12.5. The number of hydrogen-bond donors (Lipinski definition) is 4. The van der Waals surface area contributed by atoms with Crippen LogP contribution in [0.1, 0.15) is 11.1 Å². The van der Waals surface area contributed by atoms with Crippen LogP contribution in [0.15, 0.2) is 42.5 Å². The summed E-state index contributed by atoms with van der Waals surface area (Å²) in [6.07, 6.45) is -8.95. The molecule has 170 valence electrons. The molecule has 1 saturated heterocycles. The summed E-state index contributed by atoms with van der Waals surface area (Å²) in [7, 11) is 0. The number of rotatable bonds is 6. The zero-order valence-corrected chi connectivity index (χ0v) is 17.4. The molecule has 5 atom stereocenters. The summed E-state index contributed by atoms with van der Waals surface area (Å²) in [5.74, 6) is -0.0842. The van der Waals surface area contributed by atoms with Crippen LogP contribution in [0.25, 0.3) is 0 Å². The minimum absolute atomic E-state index is 0.146. The van der Waals surface area contributed by atoms with Crippen LogP contribution >= 0.6 is 23.4 Å². The van der Waals surface area contributed by atoms with E-state index in [1.165, 1.54) is 30.3 Å². The summed E-state index contributed by atoms with van der Waals surface area (Å²) in [6.45, 7) is -0.436. The Morgan fingerprint density at radius 1 is 1.00 bits per heavy atom. The molecule has 1 heterocycles. The van der Waals surface area contributed by atoms with Gasteiger partial charge in [0.05, 0.1) is 18.0 Å². The van der Waals surface area contributed by atoms with E-state index in [1.807, 2.05) is 0 Å². The molecule has 0 unspecified atom stereocenters. The van der Waals surface area contributed by atoms with E-state index in [0.29, 0.717) is 16.1 Å². The van der Waals surface area contributed by atoms with Crippen molar-refractivity contribution in [2.24, 2.45) is 0 Å². The molecular formula is C20H20ClF3O6S. The zero-order chi connectivity index (χ0) is 22.8. The number of aliphatic hydroxyl groups excluding tert-OH is 4. The van der Waals surface area contributed by atoms with Crippen molar-refractivity contribution in [1.82, 2.24) is 0 Å². The molecule has 0 aromatic heterocycles. The van der Waals surface area contributed by atoms with Crippen molar-refractivity contribution < 1.29 is 43.1 Å². The maximum Gasteiger partial charge on any atom is 0.573 e. The van der Waals surface area contributed by atoms with Gasteiger partial charge in [0.15, 0.2) is 5.44 Å². The first kappa shape index (κ1) is 24.0. The van der Waals surface area contributed by atoms with Gasteiger partial charge in [-0.3, -0.25) is 0 Å². The SMILES string of the molecule is OC[C@@H]1S[C@H](Oc2ccc(Cl)cc2Cc2cccc(OC(F)(F)F)c2)[C@H](O)[C@@H](O)[C@@H]1O. The van der Waals surface area contributed by atoms with E-state index in [4.69, 9.17) is 16.3 Å². The maximum absolute atomic E-state index is 12.5. The van der Waals surface area contributed by atoms with Crippen molar-refractivity contribution in [3.63, 3.8) is 0 Å². The fraction of sp³-hybridized carbons (Fsp3) is 0.400. The first-order valence-electron chi connectivity index (χ1n) is 9.17. The van der Waals surface area contributed by atoms with Gasteiger partial charge in [-0.1, -0.05) is 23.7 Å². The third-order valence-corrected chi connectivity index (χ3v) is 6.30. The Labute approximate surface area is 185 Å². The lowest BCUT2D eigenvalue weighted by Crippen LogP contribution is -2.55. The van der Waals surface area contributed by atoms with E-state index in [-0.39, 0.29) is 17.9 Å². The van der Waals surface area contributed by atoms with Gasteiger partial charge in [0.1, 0.15) is 23.7 Å². The predicted octanol–water partition coefficient (Wildman–Crippen LogP) is 2.72. The lowest BCUT2D eigenvalue weighted by Gasteiger charge is -2.39. The summed E-state index contributed by atoms with van der Waals surface area (Å²) in [6, 6.07) is 10.1. The number of thioether (sulfide) groups is 1. The fourth-order valence-corrected chi connectivity index (χ4v) is 4.59. The van der Waals surface area contributed by atoms with Crippen LogP contribution in [0.2, 0.25) is 5.02 Å². The second-order valence-corrected chi connectivity index (χ2v) is 8.72. The molecule has 2 aromatic carbocycles. The Balaban J connectivity index is 1.82. The predicted molar refractivity (Wildman–Crippen MR) is 108 cm³/mol. The third kappa shape index (κ3) is 6.18. The normalized spacial score (nSPS) is 26.5. The standard InChI is InChI=1S/C20H20ClF3O6S/c21-12-4-5-14(29-19-18(28)17(27)16(26)15(9-25)31-19)11(8-12)6-10-2-1-3-13(7-10)30-20(22,23)24/h1-5,7-8,15-19,25-28H,6,9H2/t15-,16+,17-,18+,19-/m0/s1. The summed E-state index contributed by atoms with van der Waals surface area (Å²) < 4.78 is 47.3. The lowest BCUT2D eigenvalue weighted by atomic mass is 10.0. The molecule has 11 heteroatoms. The molecule has 1 aliphatic heterocycles. The van der Waals surface area contributed by atoms with Gasteiger partial charge in [-0.25, -0.2) is 0 Å². The van der Waals surface area contributed by atoms with Gasteiger partial charge in [-0.05, 0) is 35.9 Å². The van der Waals surface area contributed by atoms with E-state index in [0.717, 1.165) is 11.8 Å². The average molecular weight is 481 g/mol. The molecule has 6 nitrogen and oxygen atoms in total. The molecular weight excluding hydrogens is 461 g/mol. The average Bonchev–Trinajstić information content (AvgIpc) is 2.69. The number of alkyl halides is 3. The fourth-order valence-electron chi connectivity index (χ4n) is 3.16. The van der Waals surface area contributed by atoms with Crippen LogP contribution in [0, 0.1) is 0 Å². The van der Waals surface area contributed by atoms with Crippen molar-refractivity contribution in [2.75, 3.05) is 6.61 Å². The van der Waals surface area contributed by atoms with Crippen molar-refractivity contribution in [3.8, 4) is 11.5 Å². The Bertz CT molecular complexity index is 897. The lowest BCUT2D eigenvalue weighted by molar-refractivity contribution is -0.274. The van der Waals surface area contributed by atoms with Crippen LogP contribution < -0.4 is 9.47 Å². The number of aliphatic hydroxyl groups is 4. The second kappa shape index (κ2) is 9.85. The molecule has 0 spiro atoms. The summed E-state index contributed by atoms with van der Waals surface area (Å²) in [5, 5.41) is 39.2. The highest BCUT2D eigenvalue weighted by Gasteiger charge is 2.44. The molecule has 31 heavy (non-hydrogen) atoms. The minimum Gasteiger partial charge on any atom is -0.477 e. The zero-order valence-electron chi connectivity index (χ0n) is 15.9. The van der Waals surface area contributed by atoms with Crippen molar-refractivity contribution in [1.29, 1.82) is 0 Å².